The number of fused-ring (bicyclic) bond motifs is 4. The number of carbonyl (C=O) groups is 3. The maximum atomic E-state index is 14.2. The van der Waals surface area contributed by atoms with Crippen LogP contribution in [0.3, 0.4) is 0 Å². The summed E-state index contributed by atoms with van der Waals surface area (Å²) in [6.07, 6.45) is -3.60. The van der Waals surface area contributed by atoms with Gasteiger partial charge in [-0.05, 0) is 27.7 Å². The summed E-state index contributed by atoms with van der Waals surface area (Å²) in [5, 5.41) is 7.20. The molecule has 2 aliphatic heterocycles. The van der Waals surface area contributed by atoms with Crippen molar-refractivity contribution in [3.05, 3.63) is 17.5 Å². The van der Waals surface area contributed by atoms with Gasteiger partial charge in [0.1, 0.15) is 11.6 Å². The van der Waals surface area contributed by atoms with Crippen molar-refractivity contribution in [2.24, 2.45) is 7.05 Å². The van der Waals surface area contributed by atoms with E-state index in [-0.39, 0.29) is 19.7 Å². The van der Waals surface area contributed by atoms with Crippen LogP contribution in [0.25, 0.3) is 0 Å². The molecule has 3 rings (SSSR count). The van der Waals surface area contributed by atoms with Crippen LogP contribution in [0.4, 0.5) is 18.4 Å². The number of amides is 3. The number of ether oxygens (including phenoxy) is 2. The summed E-state index contributed by atoms with van der Waals surface area (Å²) in [5.41, 5.74) is 0.304. The van der Waals surface area contributed by atoms with Crippen LogP contribution in [-0.2, 0) is 26.2 Å². The molecular formula is C18H25F2N5O6. The predicted molar refractivity (Wildman–Crippen MR) is 99.5 cm³/mol. The molecule has 11 nitrogen and oxygen atoms in total. The number of urea groups is 1. The van der Waals surface area contributed by atoms with Crippen molar-refractivity contribution < 1.29 is 37.5 Å². The molecule has 2 aliphatic rings. The zero-order valence-electron chi connectivity index (χ0n) is 17.8. The van der Waals surface area contributed by atoms with Gasteiger partial charge in [0, 0.05) is 19.2 Å². The summed E-state index contributed by atoms with van der Waals surface area (Å²) in [6.45, 7) is 6.20. The number of nitrogens with zero attached hydrogens (tertiary/aromatic N) is 4. The maximum absolute atomic E-state index is 14.2. The predicted octanol–water partition coefficient (Wildman–Crippen LogP) is 1.87. The number of hydrogen-bond acceptors (Lipinski definition) is 7. The number of hydroxylamine groups is 2. The summed E-state index contributed by atoms with van der Waals surface area (Å²) in [5.74, 6) is -1.89. The Hall–Kier alpha value is -2.96. The first-order valence-corrected chi connectivity index (χ1v) is 9.68. The topological polar surface area (TPSA) is 115 Å². The number of esters is 1. The number of alkyl halides is 2. The number of alkyl carbamates (subject to hydrolysis) is 1. The second-order valence-corrected chi connectivity index (χ2v) is 8.11. The van der Waals surface area contributed by atoms with E-state index in [1.807, 2.05) is 0 Å². The third-order valence-electron chi connectivity index (χ3n) is 4.72. The number of hydrogen-bond donors (Lipinski definition) is 1. The number of halogens is 2. The Morgan fingerprint density at radius 1 is 1.32 bits per heavy atom. The van der Waals surface area contributed by atoms with E-state index in [0.29, 0.717) is 16.3 Å². The number of aromatic nitrogens is 2. The Balaban J connectivity index is 1.83. The van der Waals surface area contributed by atoms with E-state index in [1.54, 1.807) is 27.8 Å². The van der Waals surface area contributed by atoms with E-state index in [2.05, 4.69) is 20.0 Å². The van der Waals surface area contributed by atoms with Crippen LogP contribution in [0, 0.1) is 0 Å². The van der Waals surface area contributed by atoms with Crippen LogP contribution >= 0.6 is 0 Å². The molecule has 1 fully saturated rings. The lowest BCUT2D eigenvalue weighted by atomic mass is 9.98. The fourth-order valence-electron chi connectivity index (χ4n) is 3.54. The molecule has 3 amide bonds. The average Bonchev–Trinajstić information content (AvgIpc) is 3.15. The molecule has 0 saturated carbocycles. The molecule has 2 bridgehead atoms. The summed E-state index contributed by atoms with van der Waals surface area (Å²) in [4.78, 5) is 42.3. The number of carbonyl (C=O) groups excluding carboxylic acids is 3. The summed E-state index contributed by atoms with van der Waals surface area (Å²) in [7, 11) is 1.63. The van der Waals surface area contributed by atoms with Gasteiger partial charge in [0.25, 0.3) is 0 Å². The van der Waals surface area contributed by atoms with Crippen molar-refractivity contribution in [2.75, 3.05) is 19.7 Å². The zero-order valence-corrected chi connectivity index (χ0v) is 17.8. The van der Waals surface area contributed by atoms with Gasteiger partial charge in [-0.3, -0.25) is 4.68 Å². The lowest BCUT2D eigenvalue weighted by Crippen LogP contribution is -2.44. The summed E-state index contributed by atoms with van der Waals surface area (Å²) in [6, 6.07) is -2.49. The fourth-order valence-corrected chi connectivity index (χ4v) is 3.54. The van der Waals surface area contributed by atoms with E-state index in [1.165, 1.54) is 22.7 Å². The third-order valence-corrected chi connectivity index (χ3v) is 4.72. The van der Waals surface area contributed by atoms with E-state index >= 15 is 0 Å². The quantitative estimate of drug-likeness (QED) is 0.665. The van der Waals surface area contributed by atoms with Gasteiger partial charge in [-0.15, -0.1) is 0 Å². The minimum absolute atomic E-state index is 0.0110. The molecule has 172 valence electrons. The Morgan fingerprint density at radius 3 is 2.61 bits per heavy atom. The molecular weight excluding hydrogens is 420 g/mol. The largest absolute Gasteiger partial charge is 0.477 e. The molecule has 0 spiro atoms. The van der Waals surface area contributed by atoms with Crippen molar-refractivity contribution in [1.82, 2.24) is 25.1 Å². The first kappa shape index (κ1) is 22.7. The van der Waals surface area contributed by atoms with Crippen molar-refractivity contribution in [3.63, 3.8) is 0 Å². The second-order valence-electron chi connectivity index (χ2n) is 8.11. The first-order chi connectivity index (χ1) is 14.4. The van der Waals surface area contributed by atoms with Gasteiger partial charge in [-0.25, -0.2) is 14.4 Å². The number of nitrogens with one attached hydrogen (secondary N) is 1. The first-order valence-electron chi connectivity index (χ1n) is 9.68. The minimum Gasteiger partial charge on any atom is -0.460 e. The highest BCUT2D eigenvalue weighted by atomic mass is 19.3. The Kier molecular flexibility index (Phi) is 5.82. The van der Waals surface area contributed by atoms with Crippen LogP contribution in [0.2, 0.25) is 0 Å². The highest BCUT2D eigenvalue weighted by molar-refractivity contribution is 5.80. The number of rotatable bonds is 6. The highest BCUT2D eigenvalue weighted by Gasteiger charge is 2.55. The van der Waals surface area contributed by atoms with Crippen molar-refractivity contribution in [1.29, 1.82) is 0 Å². The van der Waals surface area contributed by atoms with E-state index in [9.17, 15) is 23.2 Å². The van der Waals surface area contributed by atoms with Crippen molar-refractivity contribution >= 4 is 18.1 Å². The summed E-state index contributed by atoms with van der Waals surface area (Å²) >= 11 is 0. The number of aryl methyl sites for hydroxylation is 1. The van der Waals surface area contributed by atoms with Gasteiger partial charge >= 0.3 is 24.2 Å². The monoisotopic (exact) mass is 445 g/mol. The van der Waals surface area contributed by atoms with Crippen LogP contribution < -0.4 is 5.32 Å². The SMILES string of the molecule is CCOC(=O)C(F)(F)ON1C(=O)N2C[C@@H]1c1cnn(C)c1[C@H]2CNC(=O)OC(C)(C)C. The van der Waals surface area contributed by atoms with E-state index in [4.69, 9.17) is 4.74 Å². The van der Waals surface area contributed by atoms with Gasteiger partial charge in [-0.1, -0.05) is 0 Å². The highest BCUT2D eigenvalue weighted by Crippen LogP contribution is 2.44. The fraction of sp³-hybridized carbons (Fsp3) is 0.667. The molecule has 1 aromatic heterocycles. The van der Waals surface area contributed by atoms with Crippen LogP contribution in [0.5, 0.6) is 0 Å². The van der Waals surface area contributed by atoms with Gasteiger partial charge in [0.2, 0.25) is 0 Å². The van der Waals surface area contributed by atoms with Crippen molar-refractivity contribution in [3.8, 4) is 0 Å². The van der Waals surface area contributed by atoms with Crippen LogP contribution in [-0.4, -0.2) is 69.2 Å². The normalized spacial score (nSPS) is 20.5. The molecule has 1 N–H and O–H groups in total. The molecule has 13 heteroatoms. The lowest BCUT2D eigenvalue weighted by molar-refractivity contribution is -0.330. The third kappa shape index (κ3) is 4.40. The van der Waals surface area contributed by atoms with Crippen LogP contribution in [0.15, 0.2) is 6.20 Å². The van der Waals surface area contributed by atoms with Crippen molar-refractivity contribution in [2.45, 2.75) is 51.5 Å². The van der Waals surface area contributed by atoms with Gasteiger partial charge in [0.05, 0.1) is 31.1 Å². The van der Waals surface area contributed by atoms with Gasteiger partial charge in [0.15, 0.2) is 0 Å². The van der Waals surface area contributed by atoms with Gasteiger partial charge in [-0.2, -0.15) is 23.8 Å². The summed E-state index contributed by atoms with van der Waals surface area (Å²) < 4.78 is 39.4. The molecule has 0 unspecified atom stereocenters. The smallest absolute Gasteiger partial charge is 0.460 e. The maximum Gasteiger partial charge on any atom is 0.477 e. The second kappa shape index (κ2) is 7.94. The molecule has 1 saturated heterocycles. The van der Waals surface area contributed by atoms with Crippen LogP contribution in [0.1, 0.15) is 51.0 Å². The molecule has 0 aromatic carbocycles. The molecule has 2 atom stereocenters. The Morgan fingerprint density at radius 2 is 2.00 bits per heavy atom. The Bertz CT molecular complexity index is 883. The van der Waals surface area contributed by atoms with Gasteiger partial charge < -0.3 is 19.7 Å². The lowest BCUT2D eigenvalue weighted by Gasteiger charge is -2.31. The molecule has 1 aromatic rings. The standard InChI is InChI=1S/C18H25F2N5O6/c1-6-29-14(26)18(19,20)31-25-12-9-24(16(25)28)11(13-10(12)7-22-23(13)5)8-21-15(27)30-17(2,3)4/h7,11-12H,6,8-9H2,1-5H3,(H,21,27)/t11-,12-/m1/s1. The van der Waals surface area contributed by atoms with E-state index in [0.717, 1.165) is 0 Å². The zero-order chi connectivity index (χ0) is 23.1. The molecule has 3 heterocycles. The average molecular weight is 445 g/mol. The minimum atomic E-state index is -4.35. The molecule has 0 aliphatic carbocycles. The molecule has 31 heavy (non-hydrogen) atoms. The molecule has 0 radical (unpaired) electrons. The Labute approximate surface area is 177 Å². The van der Waals surface area contributed by atoms with E-state index < -0.39 is 41.9 Å².